The number of nitrogens with one attached hydrogen (secondary N) is 3. The van der Waals surface area contributed by atoms with Crippen molar-refractivity contribution in [3.63, 3.8) is 0 Å². The van der Waals surface area contributed by atoms with E-state index < -0.39 is 11.7 Å². The topological polar surface area (TPSA) is 91.8 Å². The summed E-state index contributed by atoms with van der Waals surface area (Å²) >= 11 is 0. The van der Waals surface area contributed by atoms with E-state index in [0.29, 0.717) is 17.8 Å². The second kappa shape index (κ2) is 8.90. The summed E-state index contributed by atoms with van der Waals surface area (Å²) < 4.78 is 15.2. The zero-order valence-electron chi connectivity index (χ0n) is 19.0. The van der Waals surface area contributed by atoms with E-state index in [2.05, 4.69) is 20.7 Å². The number of anilines is 1. The van der Waals surface area contributed by atoms with Crippen LogP contribution < -0.4 is 10.6 Å². The molecule has 2 amide bonds. The standard InChI is InChI=1S/C25H26FN5O2/c1-5-31-16(4)20(15(3)30-31)13-27-25(33)23-22(19-12-14(2)6-11-21(19)28-23)29-24(32)17-7-9-18(26)10-8-17/h6-12,28H,5,13H2,1-4H3,(H,27,33)(H,29,32). The quantitative estimate of drug-likeness (QED) is 0.402. The molecule has 4 rings (SSSR count). The molecule has 0 bridgehead atoms. The van der Waals surface area contributed by atoms with Crippen molar-refractivity contribution in [1.29, 1.82) is 0 Å². The Bertz CT molecular complexity index is 1350. The maximum absolute atomic E-state index is 13.3. The SMILES string of the molecule is CCn1nc(C)c(CNC(=O)c2[nH]c3ccc(C)cc3c2NC(=O)c2ccc(F)cc2)c1C. The van der Waals surface area contributed by atoms with Crippen LogP contribution in [0.5, 0.6) is 0 Å². The molecule has 8 heteroatoms. The highest BCUT2D eigenvalue weighted by molar-refractivity contribution is 6.15. The van der Waals surface area contributed by atoms with E-state index in [9.17, 15) is 14.0 Å². The van der Waals surface area contributed by atoms with E-state index in [1.54, 1.807) is 0 Å². The predicted octanol–water partition coefficient (Wildman–Crippen LogP) is 4.63. The molecule has 33 heavy (non-hydrogen) atoms. The van der Waals surface area contributed by atoms with E-state index in [0.717, 1.165) is 40.0 Å². The van der Waals surface area contributed by atoms with Crippen molar-refractivity contribution in [2.75, 3.05) is 5.32 Å². The number of aryl methyl sites for hydroxylation is 3. The molecule has 170 valence electrons. The predicted molar refractivity (Wildman–Crippen MR) is 126 cm³/mol. The Labute approximate surface area is 191 Å². The number of amides is 2. The molecule has 0 aliphatic carbocycles. The third kappa shape index (κ3) is 4.37. The van der Waals surface area contributed by atoms with Crippen LogP contribution in [0.2, 0.25) is 0 Å². The van der Waals surface area contributed by atoms with Gasteiger partial charge in [-0.15, -0.1) is 0 Å². The first kappa shape index (κ1) is 22.3. The molecule has 0 saturated heterocycles. The Morgan fingerprint density at radius 3 is 2.45 bits per heavy atom. The number of carbonyl (C=O) groups is 2. The maximum atomic E-state index is 13.3. The van der Waals surface area contributed by atoms with Gasteiger partial charge in [0.15, 0.2) is 0 Å². The summed E-state index contributed by atoms with van der Waals surface area (Å²) in [7, 11) is 0. The van der Waals surface area contributed by atoms with E-state index in [1.807, 2.05) is 50.6 Å². The maximum Gasteiger partial charge on any atom is 0.270 e. The van der Waals surface area contributed by atoms with Crippen LogP contribution in [0.3, 0.4) is 0 Å². The molecule has 0 aliphatic heterocycles. The second-order valence-electron chi connectivity index (χ2n) is 8.03. The van der Waals surface area contributed by atoms with Gasteiger partial charge < -0.3 is 15.6 Å². The number of aromatic nitrogens is 3. The lowest BCUT2D eigenvalue weighted by molar-refractivity contribution is 0.0947. The van der Waals surface area contributed by atoms with Crippen LogP contribution in [0.25, 0.3) is 10.9 Å². The van der Waals surface area contributed by atoms with Crippen molar-refractivity contribution in [3.8, 4) is 0 Å². The number of carbonyl (C=O) groups excluding carboxylic acids is 2. The van der Waals surface area contributed by atoms with Crippen LogP contribution in [0.15, 0.2) is 42.5 Å². The molecule has 0 atom stereocenters. The molecule has 0 spiro atoms. The van der Waals surface area contributed by atoms with Gasteiger partial charge in [0.25, 0.3) is 11.8 Å². The summed E-state index contributed by atoms with van der Waals surface area (Å²) in [4.78, 5) is 29.2. The Balaban J connectivity index is 1.65. The lowest BCUT2D eigenvalue weighted by atomic mass is 10.1. The molecule has 3 N–H and O–H groups in total. The monoisotopic (exact) mass is 447 g/mol. The first-order valence-electron chi connectivity index (χ1n) is 10.8. The minimum atomic E-state index is -0.428. The van der Waals surface area contributed by atoms with Gasteiger partial charge in [0.05, 0.1) is 11.4 Å². The lowest BCUT2D eigenvalue weighted by Gasteiger charge is -2.09. The number of rotatable bonds is 6. The van der Waals surface area contributed by atoms with Crippen molar-refractivity contribution in [2.45, 2.75) is 40.8 Å². The number of benzene rings is 2. The van der Waals surface area contributed by atoms with Crippen molar-refractivity contribution in [3.05, 3.63) is 82.1 Å². The van der Waals surface area contributed by atoms with Crippen LogP contribution in [-0.2, 0) is 13.1 Å². The zero-order chi connectivity index (χ0) is 23.7. The molecule has 2 aromatic heterocycles. The van der Waals surface area contributed by atoms with E-state index in [1.165, 1.54) is 24.3 Å². The van der Waals surface area contributed by atoms with Crippen molar-refractivity contribution >= 4 is 28.4 Å². The normalized spacial score (nSPS) is 11.1. The van der Waals surface area contributed by atoms with Crippen LogP contribution >= 0.6 is 0 Å². The summed E-state index contributed by atoms with van der Waals surface area (Å²) in [5.74, 6) is -1.20. The molecule has 2 aromatic carbocycles. The van der Waals surface area contributed by atoms with Gasteiger partial charge in [-0.05, 0) is 64.1 Å². The first-order valence-corrected chi connectivity index (χ1v) is 10.8. The molecule has 7 nitrogen and oxygen atoms in total. The van der Waals surface area contributed by atoms with Crippen LogP contribution in [0.4, 0.5) is 10.1 Å². The Hall–Kier alpha value is -3.94. The molecule has 0 saturated carbocycles. The van der Waals surface area contributed by atoms with Crippen LogP contribution in [0, 0.1) is 26.6 Å². The summed E-state index contributed by atoms with van der Waals surface area (Å²) in [6, 6.07) is 11.0. The number of H-pyrrole nitrogens is 1. The lowest BCUT2D eigenvalue weighted by Crippen LogP contribution is -2.25. The van der Waals surface area contributed by atoms with Gasteiger partial charge in [0.1, 0.15) is 11.5 Å². The van der Waals surface area contributed by atoms with Gasteiger partial charge in [0.2, 0.25) is 0 Å². The first-order chi connectivity index (χ1) is 15.8. The smallest absolute Gasteiger partial charge is 0.270 e. The van der Waals surface area contributed by atoms with Crippen molar-refractivity contribution < 1.29 is 14.0 Å². The number of nitrogens with zero attached hydrogens (tertiary/aromatic N) is 2. The third-order valence-electron chi connectivity index (χ3n) is 5.78. The molecule has 0 unspecified atom stereocenters. The minimum Gasteiger partial charge on any atom is -0.349 e. The minimum absolute atomic E-state index is 0.254. The molecule has 4 aromatic rings. The third-order valence-corrected chi connectivity index (χ3v) is 5.78. The Morgan fingerprint density at radius 1 is 1.06 bits per heavy atom. The second-order valence-corrected chi connectivity index (χ2v) is 8.03. The summed E-state index contributed by atoms with van der Waals surface area (Å²) in [5, 5.41) is 11.0. The van der Waals surface area contributed by atoms with Gasteiger partial charge in [-0.1, -0.05) is 11.6 Å². The van der Waals surface area contributed by atoms with Gasteiger partial charge in [-0.25, -0.2) is 4.39 Å². The Kier molecular flexibility index (Phi) is 6.00. The molecular weight excluding hydrogens is 421 g/mol. The van der Waals surface area contributed by atoms with E-state index in [-0.39, 0.29) is 11.6 Å². The molecule has 0 aliphatic rings. The van der Waals surface area contributed by atoms with E-state index >= 15 is 0 Å². The van der Waals surface area contributed by atoms with Crippen LogP contribution in [0.1, 0.15) is 50.3 Å². The van der Waals surface area contributed by atoms with Gasteiger partial charge in [0, 0.05) is 40.8 Å². The highest BCUT2D eigenvalue weighted by Gasteiger charge is 2.21. The zero-order valence-corrected chi connectivity index (χ0v) is 19.0. The van der Waals surface area contributed by atoms with Gasteiger partial charge in [-0.3, -0.25) is 14.3 Å². The van der Waals surface area contributed by atoms with E-state index in [4.69, 9.17) is 0 Å². The molecule has 0 fully saturated rings. The molecule has 2 heterocycles. The summed E-state index contributed by atoms with van der Waals surface area (Å²) in [6.07, 6.45) is 0. The number of aromatic amines is 1. The fourth-order valence-electron chi connectivity index (χ4n) is 3.95. The highest BCUT2D eigenvalue weighted by Crippen LogP contribution is 2.29. The fraction of sp³-hybridized carbons (Fsp3) is 0.240. The van der Waals surface area contributed by atoms with Gasteiger partial charge in [-0.2, -0.15) is 5.10 Å². The number of halogens is 1. The number of hydrogen-bond acceptors (Lipinski definition) is 3. The Morgan fingerprint density at radius 2 is 1.79 bits per heavy atom. The average Bonchev–Trinajstić information content (AvgIpc) is 3.28. The molecule has 0 radical (unpaired) electrons. The molecular formula is C25H26FN5O2. The summed E-state index contributed by atoms with van der Waals surface area (Å²) in [6.45, 7) is 8.92. The van der Waals surface area contributed by atoms with Crippen LogP contribution in [-0.4, -0.2) is 26.6 Å². The summed E-state index contributed by atoms with van der Waals surface area (Å²) in [5.41, 5.74) is 5.49. The van der Waals surface area contributed by atoms with Crippen molar-refractivity contribution in [2.24, 2.45) is 0 Å². The highest BCUT2D eigenvalue weighted by atomic mass is 19.1. The van der Waals surface area contributed by atoms with Crippen molar-refractivity contribution in [1.82, 2.24) is 20.1 Å². The number of hydrogen-bond donors (Lipinski definition) is 3. The average molecular weight is 448 g/mol. The fourth-order valence-corrected chi connectivity index (χ4v) is 3.95. The number of fused-ring (bicyclic) bond motifs is 1. The van der Waals surface area contributed by atoms with Gasteiger partial charge >= 0.3 is 0 Å². The largest absolute Gasteiger partial charge is 0.349 e.